The van der Waals surface area contributed by atoms with Gasteiger partial charge in [0.25, 0.3) is 0 Å². The van der Waals surface area contributed by atoms with Gasteiger partial charge in [0.15, 0.2) is 0 Å². The van der Waals surface area contributed by atoms with Crippen molar-refractivity contribution in [2.45, 2.75) is 0 Å². The van der Waals surface area contributed by atoms with Gasteiger partial charge in [0, 0.05) is 38.0 Å². The van der Waals surface area contributed by atoms with Gasteiger partial charge in [0.2, 0.25) is 0 Å². The van der Waals surface area contributed by atoms with E-state index in [0.717, 1.165) is 20.9 Å². The molecule has 0 radical (unpaired) electrons. The van der Waals surface area contributed by atoms with E-state index in [1.165, 1.54) is 0 Å². The van der Waals surface area contributed by atoms with Crippen molar-refractivity contribution in [2.75, 3.05) is 0 Å². The predicted octanol–water partition coefficient (Wildman–Crippen LogP) is 7.40. The largest absolute Gasteiger partial charge is 0.507 e. The van der Waals surface area contributed by atoms with Crippen LogP contribution in [0, 0.1) is 0 Å². The minimum Gasteiger partial charge on any atom is -0.507 e. The molecule has 0 aliphatic heterocycles. The Morgan fingerprint density at radius 2 is 1.03 bits per heavy atom. The van der Waals surface area contributed by atoms with Crippen LogP contribution in [-0.2, 0) is 17.1 Å². The molecule has 0 bridgehead atoms. The van der Waals surface area contributed by atoms with Crippen molar-refractivity contribution in [2.24, 2.45) is 0 Å². The monoisotopic (exact) mass is 460 g/mol. The van der Waals surface area contributed by atoms with Gasteiger partial charge < -0.3 is 10.2 Å². The first-order valence-corrected chi connectivity index (χ1v) is 10.5. The van der Waals surface area contributed by atoms with Crippen LogP contribution in [-0.4, -0.2) is 10.2 Å². The van der Waals surface area contributed by atoms with Crippen molar-refractivity contribution >= 4 is 34.8 Å². The molecule has 2 nitrogen and oxygen atoms in total. The molecular weight excluding hydrogens is 440 g/mol. The molecule has 0 amide bonds. The Morgan fingerprint density at radius 1 is 0.655 bits per heavy atom. The normalized spacial score (nSPS) is 13.9. The Labute approximate surface area is 189 Å². The average molecular weight is 460 g/mol. The SMILES string of the molecule is OC(C=Cc1cccs1)=C1C=CC=C1.OC(C=Cc1cccs1)=C1C=CC=C1.[Fe]. The molecule has 2 aromatic rings. The Balaban J connectivity index is 0.000000200. The molecule has 148 valence electrons. The van der Waals surface area contributed by atoms with Crippen molar-refractivity contribution in [3.8, 4) is 0 Å². The zero-order chi connectivity index (χ0) is 19.6. The van der Waals surface area contributed by atoms with Crippen LogP contribution in [0.1, 0.15) is 9.75 Å². The molecule has 4 rings (SSSR count). The molecule has 2 aromatic heterocycles. The van der Waals surface area contributed by atoms with E-state index in [2.05, 4.69) is 0 Å². The number of hydrogen-bond acceptors (Lipinski definition) is 4. The maximum Gasteiger partial charge on any atom is 0.122 e. The maximum absolute atomic E-state index is 9.64. The third-order valence-electron chi connectivity index (χ3n) is 3.81. The van der Waals surface area contributed by atoms with E-state index in [1.807, 2.05) is 95.8 Å². The third kappa shape index (κ3) is 7.41. The van der Waals surface area contributed by atoms with Crippen LogP contribution in [0.25, 0.3) is 12.2 Å². The second-order valence-electron chi connectivity index (χ2n) is 5.82. The molecule has 0 saturated carbocycles. The number of thiophene rings is 2. The molecule has 0 atom stereocenters. The van der Waals surface area contributed by atoms with E-state index in [-0.39, 0.29) is 17.1 Å². The Hall–Kier alpha value is -2.56. The minimum atomic E-state index is 0. The minimum absolute atomic E-state index is 0. The van der Waals surface area contributed by atoms with Crippen molar-refractivity contribution in [1.29, 1.82) is 0 Å². The van der Waals surface area contributed by atoms with Crippen LogP contribution < -0.4 is 0 Å². The molecule has 0 spiro atoms. The Morgan fingerprint density at radius 3 is 1.34 bits per heavy atom. The summed E-state index contributed by atoms with van der Waals surface area (Å²) in [6, 6.07) is 8.01. The molecule has 2 N–H and O–H groups in total. The van der Waals surface area contributed by atoms with Crippen molar-refractivity contribution in [1.82, 2.24) is 0 Å². The first-order chi connectivity index (χ1) is 13.7. The van der Waals surface area contributed by atoms with E-state index in [4.69, 9.17) is 0 Å². The molecule has 2 heterocycles. The van der Waals surface area contributed by atoms with Gasteiger partial charge in [0.1, 0.15) is 11.5 Å². The van der Waals surface area contributed by atoms with E-state index in [1.54, 1.807) is 34.8 Å². The average Bonchev–Trinajstić information content (AvgIpc) is 3.54. The summed E-state index contributed by atoms with van der Waals surface area (Å²) in [4.78, 5) is 2.28. The van der Waals surface area contributed by atoms with E-state index in [0.29, 0.717) is 11.5 Å². The fourth-order valence-electron chi connectivity index (χ4n) is 2.38. The smallest absolute Gasteiger partial charge is 0.122 e. The fourth-order valence-corrected chi connectivity index (χ4v) is 3.61. The predicted molar refractivity (Wildman–Crippen MR) is 123 cm³/mol. The van der Waals surface area contributed by atoms with Crippen LogP contribution in [0.4, 0.5) is 0 Å². The second kappa shape index (κ2) is 12.1. The van der Waals surface area contributed by atoms with Gasteiger partial charge in [-0.25, -0.2) is 0 Å². The molecule has 0 saturated heterocycles. The molecule has 0 fully saturated rings. The quantitative estimate of drug-likeness (QED) is 0.369. The first-order valence-electron chi connectivity index (χ1n) is 8.71. The van der Waals surface area contributed by atoms with Gasteiger partial charge >= 0.3 is 0 Å². The number of rotatable bonds is 4. The molecule has 5 heteroatoms. The van der Waals surface area contributed by atoms with Gasteiger partial charge in [-0.1, -0.05) is 60.7 Å². The molecule has 0 unspecified atom stereocenters. The summed E-state index contributed by atoms with van der Waals surface area (Å²) in [6.07, 6.45) is 22.4. The van der Waals surface area contributed by atoms with Crippen LogP contribution in [0.5, 0.6) is 0 Å². The van der Waals surface area contributed by atoms with Crippen molar-refractivity contribution < 1.29 is 27.3 Å². The fraction of sp³-hybridized carbons (Fsp3) is 0. The van der Waals surface area contributed by atoms with Gasteiger partial charge in [0.05, 0.1) is 0 Å². The number of aliphatic hydroxyl groups excluding tert-OH is 2. The Kier molecular flexibility index (Phi) is 9.48. The van der Waals surface area contributed by atoms with Crippen LogP contribution in [0.3, 0.4) is 0 Å². The molecule has 29 heavy (non-hydrogen) atoms. The zero-order valence-corrected chi connectivity index (χ0v) is 18.2. The maximum atomic E-state index is 9.64. The number of aliphatic hydroxyl groups is 2. The van der Waals surface area contributed by atoms with Crippen LogP contribution >= 0.6 is 22.7 Å². The molecule has 2 aliphatic carbocycles. The summed E-state index contributed by atoms with van der Waals surface area (Å²) in [7, 11) is 0. The Bertz CT molecular complexity index is 901. The zero-order valence-electron chi connectivity index (χ0n) is 15.5. The summed E-state index contributed by atoms with van der Waals surface area (Å²) in [5.41, 5.74) is 1.72. The third-order valence-corrected chi connectivity index (χ3v) is 5.49. The van der Waals surface area contributed by atoms with Gasteiger partial charge in [-0.15, -0.1) is 22.7 Å². The van der Waals surface area contributed by atoms with Gasteiger partial charge in [-0.3, -0.25) is 0 Å². The molecule has 2 aliphatic rings. The summed E-state index contributed by atoms with van der Waals surface area (Å²) < 4.78 is 0. The summed E-state index contributed by atoms with van der Waals surface area (Å²) in [5, 5.41) is 23.3. The molecular formula is C24H20FeO2S2. The topological polar surface area (TPSA) is 40.5 Å². The van der Waals surface area contributed by atoms with E-state index >= 15 is 0 Å². The number of allylic oxidation sites excluding steroid dienone is 12. The van der Waals surface area contributed by atoms with Gasteiger partial charge in [-0.2, -0.15) is 0 Å². The van der Waals surface area contributed by atoms with Gasteiger partial charge in [-0.05, 0) is 47.2 Å². The first kappa shape index (κ1) is 22.7. The van der Waals surface area contributed by atoms with Crippen molar-refractivity contribution in [3.63, 3.8) is 0 Å². The van der Waals surface area contributed by atoms with Crippen LogP contribution in [0.15, 0.2) is 118 Å². The summed E-state index contributed by atoms with van der Waals surface area (Å²) in [5.74, 6) is 0.617. The number of hydrogen-bond donors (Lipinski definition) is 2. The second-order valence-corrected chi connectivity index (χ2v) is 7.77. The summed E-state index contributed by atoms with van der Waals surface area (Å²) in [6.45, 7) is 0. The standard InChI is InChI=1S/2C12H10OS.Fe/c2*13-12(10-4-1-2-5-10)8-7-11-6-3-9-14-11;/h2*1-9,13H;. The molecule has 0 aromatic carbocycles. The van der Waals surface area contributed by atoms with E-state index < -0.39 is 0 Å². The van der Waals surface area contributed by atoms with Crippen LogP contribution in [0.2, 0.25) is 0 Å². The summed E-state index contributed by atoms with van der Waals surface area (Å²) >= 11 is 3.30. The van der Waals surface area contributed by atoms with Crippen molar-refractivity contribution in [3.05, 3.63) is 128 Å². The van der Waals surface area contributed by atoms with E-state index in [9.17, 15) is 10.2 Å².